The van der Waals surface area contributed by atoms with Crippen molar-refractivity contribution < 1.29 is 9.90 Å². The highest BCUT2D eigenvalue weighted by Crippen LogP contribution is 2.25. The molecule has 1 saturated carbocycles. The normalized spacial score (nSPS) is 23.9. The summed E-state index contributed by atoms with van der Waals surface area (Å²) >= 11 is 11.6. The predicted molar refractivity (Wildman–Crippen MR) is 71.1 cm³/mol. The van der Waals surface area contributed by atoms with E-state index in [1.165, 1.54) is 6.07 Å². The standard InChI is InChI=1S/C12H16Cl2N2O2/c13-8-5-10(15-11(8)14)12(18)16-9-4-2-1-3-7(9)6-17/h5,7,9,15,17H,1-4,6H2,(H,16,18). The molecule has 1 aromatic rings. The lowest BCUT2D eigenvalue weighted by molar-refractivity contribution is 0.0868. The third kappa shape index (κ3) is 2.99. The SMILES string of the molecule is O=C(NC1CCCCC1CO)c1cc(Cl)c(Cl)[nH]1. The number of hydrogen-bond acceptors (Lipinski definition) is 2. The zero-order chi connectivity index (χ0) is 13.1. The van der Waals surface area contributed by atoms with Gasteiger partial charge in [0.25, 0.3) is 5.91 Å². The molecule has 1 aliphatic carbocycles. The monoisotopic (exact) mass is 290 g/mol. The zero-order valence-electron chi connectivity index (χ0n) is 9.88. The molecule has 0 aliphatic heterocycles. The topological polar surface area (TPSA) is 65.1 Å². The summed E-state index contributed by atoms with van der Waals surface area (Å²) in [6.07, 6.45) is 4.04. The fourth-order valence-corrected chi connectivity index (χ4v) is 2.70. The van der Waals surface area contributed by atoms with E-state index in [2.05, 4.69) is 10.3 Å². The Labute approximate surface area is 116 Å². The minimum Gasteiger partial charge on any atom is -0.396 e. The summed E-state index contributed by atoms with van der Waals surface area (Å²) in [7, 11) is 0. The summed E-state index contributed by atoms with van der Waals surface area (Å²) in [5, 5.41) is 12.8. The van der Waals surface area contributed by atoms with Crippen LogP contribution in [-0.2, 0) is 0 Å². The maximum Gasteiger partial charge on any atom is 0.268 e. The highest BCUT2D eigenvalue weighted by Gasteiger charge is 2.26. The number of amides is 1. The minimum atomic E-state index is -0.228. The molecule has 0 saturated heterocycles. The van der Waals surface area contributed by atoms with Gasteiger partial charge in [0.05, 0.1) is 5.02 Å². The van der Waals surface area contributed by atoms with Crippen molar-refractivity contribution >= 4 is 29.1 Å². The molecule has 3 N–H and O–H groups in total. The first-order chi connectivity index (χ1) is 8.61. The number of carbonyl (C=O) groups is 1. The summed E-state index contributed by atoms with van der Waals surface area (Å²) in [6, 6.07) is 1.54. The Morgan fingerprint density at radius 1 is 1.44 bits per heavy atom. The van der Waals surface area contributed by atoms with E-state index in [-0.39, 0.29) is 29.6 Å². The first-order valence-corrected chi connectivity index (χ1v) is 6.83. The molecule has 1 amide bonds. The number of H-pyrrole nitrogens is 1. The molecule has 0 aromatic carbocycles. The van der Waals surface area contributed by atoms with Crippen molar-refractivity contribution in [3.8, 4) is 0 Å². The lowest BCUT2D eigenvalue weighted by Gasteiger charge is -2.30. The van der Waals surface area contributed by atoms with Crippen molar-refractivity contribution in [1.82, 2.24) is 10.3 Å². The highest BCUT2D eigenvalue weighted by molar-refractivity contribution is 6.41. The van der Waals surface area contributed by atoms with Crippen LogP contribution in [0.1, 0.15) is 36.2 Å². The maximum atomic E-state index is 12.0. The van der Waals surface area contributed by atoms with Crippen molar-refractivity contribution in [1.29, 1.82) is 0 Å². The number of hydrogen-bond donors (Lipinski definition) is 3. The van der Waals surface area contributed by atoms with E-state index in [1.807, 2.05) is 0 Å². The van der Waals surface area contributed by atoms with Gasteiger partial charge in [-0.3, -0.25) is 4.79 Å². The van der Waals surface area contributed by atoms with Gasteiger partial charge in [-0.25, -0.2) is 0 Å². The fraction of sp³-hybridized carbons (Fsp3) is 0.583. The molecule has 0 spiro atoms. The van der Waals surface area contributed by atoms with Crippen LogP contribution in [0.4, 0.5) is 0 Å². The average molecular weight is 291 g/mol. The zero-order valence-corrected chi connectivity index (χ0v) is 11.4. The first kappa shape index (κ1) is 13.7. The average Bonchev–Trinajstić information content (AvgIpc) is 2.70. The molecule has 18 heavy (non-hydrogen) atoms. The summed E-state index contributed by atoms with van der Waals surface area (Å²) in [4.78, 5) is 14.7. The number of aromatic amines is 1. The summed E-state index contributed by atoms with van der Waals surface area (Å²) in [5.41, 5.74) is 0.354. The number of nitrogens with one attached hydrogen (secondary N) is 2. The van der Waals surface area contributed by atoms with Gasteiger partial charge in [0.15, 0.2) is 0 Å². The van der Waals surface area contributed by atoms with Crippen LogP contribution in [0, 0.1) is 5.92 Å². The molecule has 100 valence electrons. The Morgan fingerprint density at radius 2 is 2.17 bits per heavy atom. The van der Waals surface area contributed by atoms with E-state index < -0.39 is 0 Å². The molecule has 0 bridgehead atoms. The molecule has 1 aliphatic rings. The second-order valence-corrected chi connectivity index (χ2v) is 5.44. The Kier molecular flexibility index (Phi) is 4.54. The van der Waals surface area contributed by atoms with Gasteiger partial charge in [-0.05, 0) is 18.9 Å². The quantitative estimate of drug-likeness (QED) is 0.801. The van der Waals surface area contributed by atoms with Gasteiger partial charge in [0, 0.05) is 18.6 Å². The summed E-state index contributed by atoms with van der Waals surface area (Å²) in [6.45, 7) is 0.108. The summed E-state index contributed by atoms with van der Waals surface area (Å²) < 4.78 is 0. The van der Waals surface area contributed by atoms with Crippen LogP contribution in [0.25, 0.3) is 0 Å². The molecule has 1 aromatic heterocycles. The van der Waals surface area contributed by atoms with Crippen LogP contribution in [0.15, 0.2) is 6.07 Å². The largest absolute Gasteiger partial charge is 0.396 e. The molecule has 0 radical (unpaired) electrons. The lowest BCUT2D eigenvalue weighted by atomic mass is 9.85. The Morgan fingerprint density at radius 3 is 2.78 bits per heavy atom. The molecule has 1 fully saturated rings. The van der Waals surface area contributed by atoms with E-state index in [4.69, 9.17) is 23.2 Å². The van der Waals surface area contributed by atoms with Crippen molar-refractivity contribution in [2.75, 3.05) is 6.61 Å². The molecule has 2 atom stereocenters. The van der Waals surface area contributed by atoms with Gasteiger partial charge in [0.1, 0.15) is 10.8 Å². The molecule has 2 unspecified atom stereocenters. The van der Waals surface area contributed by atoms with Gasteiger partial charge in [-0.1, -0.05) is 36.0 Å². The lowest BCUT2D eigenvalue weighted by Crippen LogP contribution is -2.43. The Balaban J connectivity index is 2.01. The number of rotatable bonds is 3. The van der Waals surface area contributed by atoms with E-state index in [9.17, 15) is 9.90 Å². The van der Waals surface area contributed by atoms with Crippen molar-refractivity contribution in [2.24, 2.45) is 5.92 Å². The smallest absolute Gasteiger partial charge is 0.268 e. The second-order valence-electron chi connectivity index (χ2n) is 4.65. The predicted octanol–water partition coefficient (Wildman–Crippen LogP) is 2.60. The van der Waals surface area contributed by atoms with Crippen LogP contribution in [0.5, 0.6) is 0 Å². The van der Waals surface area contributed by atoms with Gasteiger partial charge in [-0.2, -0.15) is 0 Å². The van der Waals surface area contributed by atoms with E-state index in [1.54, 1.807) is 0 Å². The Hall–Kier alpha value is -0.710. The maximum absolute atomic E-state index is 12.0. The van der Waals surface area contributed by atoms with E-state index >= 15 is 0 Å². The molecule has 2 rings (SSSR count). The number of aliphatic hydroxyl groups is 1. The molecular formula is C12H16Cl2N2O2. The third-order valence-corrected chi connectivity index (χ3v) is 4.12. The van der Waals surface area contributed by atoms with Crippen molar-refractivity contribution in [3.05, 3.63) is 21.9 Å². The molecular weight excluding hydrogens is 275 g/mol. The molecule has 6 heteroatoms. The Bertz CT molecular complexity index is 414. The third-order valence-electron chi connectivity index (χ3n) is 3.43. The number of aliphatic hydroxyl groups excluding tert-OH is 1. The van der Waals surface area contributed by atoms with Gasteiger partial charge >= 0.3 is 0 Å². The highest BCUT2D eigenvalue weighted by atomic mass is 35.5. The summed E-state index contributed by atoms with van der Waals surface area (Å²) in [5.74, 6) is -0.0854. The second kappa shape index (κ2) is 5.95. The van der Waals surface area contributed by atoms with Crippen LogP contribution in [0.3, 0.4) is 0 Å². The number of carbonyl (C=O) groups excluding carboxylic acids is 1. The van der Waals surface area contributed by atoms with Crippen LogP contribution >= 0.6 is 23.2 Å². The first-order valence-electron chi connectivity index (χ1n) is 6.07. The van der Waals surface area contributed by atoms with Crippen LogP contribution < -0.4 is 5.32 Å². The van der Waals surface area contributed by atoms with Crippen LogP contribution in [-0.4, -0.2) is 28.6 Å². The molecule has 4 nitrogen and oxygen atoms in total. The fourth-order valence-electron chi connectivity index (χ4n) is 2.39. The van der Waals surface area contributed by atoms with Crippen molar-refractivity contribution in [3.63, 3.8) is 0 Å². The van der Waals surface area contributed by atoms with Gasteiger partial charge in [0.2, 0.25) is 0 Å². The van der Waals surface area contributed by atoms with Gasteiger partial charge in [-0.15, -0.1) is 0 Å². The minimum absolute atomic E-state index is 0.0251. The van der Waals surface area contributed by atoms with E-state index in [0.717, 1.165) is 25.7 Å². The number of halogens is 2. The number of aromatic nitrogens is 1. The van der Waals surface area contributed by atoms with Gasteiger partial charge < -0.3 is 15.4 Å². The van der Waals surface area contributed by atoms with Crippen molar-refractivity contribution in [2.45, 2.75) is 31.7 Å². The van der Waals surface area contributed by atoms with E-state index in [0.29, 0.717) is 10.7 Å². The molecule has 1 heterocycles. The van der Waals surface area contributed by atoms with Crippen LogP contribution in [0.2, 0.25) is 10.2 Å².